The first kappa shape index (κ1) is 6.33. The Morgan fingerprint density at radius 2 is 2.56 bits per heavy atom. The highest BCUT2D eigenvalue weighted by atomic mass is 16.5. The average molecular weight is 125 g/mol. The van der Waals surface area contributed by atoms with Gasteiger partial charge in [0.1, 0.15) is 6.26 Å². The van der Waals surface area contributed by atoms with Crippen LogP contribution in [-0.4, -0.2) is 5.16 Å². The molecule has 9 heavy (non-hydrogen) atoms. The lowest BCUT2D eigenvalue weighted by atomic mass is 10.0. The third-order valence-electron chi connectivity index (χ3n) is 1.63. The molecule has 0 radical (unpaired) electrons. The van der Waals surface area contributed by atoms with Crippen LogP contribution in [0.4, 0.5) is 0 Å². The van der Waals surface area contributed by atoms with E-state index in [0.717, 1.165) is 6.42 Å². The summed E-state index contributed by atoms with van der Waals surface area (Å²) in [6.45, 7) is 4.31. The number of aromatic nitrogens is 1. The lowest BCUT2D eigenvalue weighted by Gasteiger charge is -2.00. The molecule has 1 aromatic rings. The van der Waals surface area contributed by atoms with E-state index < -0.39 is 0 Å². The van der Waals surface area contributed by atoms with Crippen LogP contribution >= 0.6 is 0 Å². The van der Waals surface area contributed by atoms with Gasteiger partial charge in [-0.2, -0.15) is 0 Å². The zero-order chi connectivity index (χ0) is 6.69. The molecule has 0 bridgehead atoms. The fraction of sp³-hybridized carbons (Fsp3) is 0.571. The molecule has 0 aliphatic heterocycles. The molecule has 1 rings (SSSR count). The van der Waals surface area contributed by atoms with E-state index >= 15 is 0 Å². The molecule has 0 spiro atoms. The summed E-state index contributed by atoms with van der Waals surface area (Å²) in [7, 11) is 0. The molecule has 0 aromatic carbocycles. The van der Waals surface area contributed by atoms with Gasteiger partial charge in [0.2, 0.25) is 0 Å². The third kappa shape index (κ3) is 1.31. The summed E-state index contributed by atoms with van der Waals surface area (Å²) in [4.78, 5) is 0. The summed E-state index contributed by atoms with van der Waals surface area (Å²) >= 11 is 0. The second-order valence-corrected chi connectivity index (χ2v) is 2.27. The molecule has 0 aliphatic rings. The molecule has 1 aromatic heterocycles. The van der Waals surface area contributed by atoms with Gasteiger partial charge in [0.25, 0.3) is 0 Å². The Kier molecular flexibility index (Phi) is 1.88. The molecule has 0 saturated heterocycles. The Bertz CT molecular complexity index is 157. The molecular formula is C7H11NO. The van der Waals surface area contributed by atoms with E-state index in [2.05, 4.69) is 23.5 Å². The topological polar surface area (TPSA) is 26.0 Å². The Balaban J connectivity index is 2.65. The highest BCUT2D eigenvalue weighted by molar-refractivity contribution is 5.06. The fourth-order valence-electron chi connectivity index (χ4n) is 0.692. The van der Waals surface area contributed by atoms with Crippen molar-refractivity contribution in [1.29, 1.82) is 0 Å². The van der Waals surface area contributed by atoms with Gasteiger partial charge in [-0.25, -0.2) is 0 Å². The Hall–Kier alpha value is -0.790. The second kappa shape index (κ2) is 2.67. The predicted molar refractivity (Wildman–Crippen MR) is 35.2 cm³/mol. The van der Waals surface area contributed by atoms with Gasteiger partial charge >= 0.3 is 0 Å². The summed E-state index contributed by atoms with van der Waals surface area (Å²) in [5.41, 5.74) is 1.19. The van der Waals surface area contributed by atoms with Crippen molar-refractivity contribution in [2.45, 2.75) is 26.2 Å². The zero-order valence-electron chi connectivity index (χ0n) is 5.79. The molecule has 2 nitrogen and oxygen atoms in total. The van der Waals surface area contributed by atoms with Gasteiger partial charge in [0.05, 0.1) is 6.20 Å². The van der Waals surface area contributed by atoms with Crippen LogP contribution in [0.25, 0.3) is 0 Å². The molecule has 2 heteroatoms. The van der Waals surface area contributed by atoms with E-state index in [1.807, 2.05) is 0 Å². The minimum Gasteiger partial charge on any atom is -0.364 e. The quantitative estimate of drug-likeness (QED) is 0.605. The van der Waals surface area contributed by atoms with Crippen LogP contribution in [0.1, 0.15) is 31.7 Å². The van der Waals surface area contributed by atoms with Crippen molar-refractivity contribution in [2.75, 3.05) is 0 Å². The van der Waals surface area contributed by atoms with Crippen molar-refractivity contribution in [2.24, 2.45) is 0 Å². The smallest absolute Gasteiger partial charge is 0.127 e. The van der Waals surface area contributed by atoms with Gasteiger partial charge in [-0.3, -0.25) is 0 Å². The second-order valence-electron chi connectivity index (χ2n) is 2.27. The monoisotopic (exact) mass is 125 g/mol. The molecule has 0 unspecified atom stereocenters. The fourth-order valence-corrected chi connectivity index (χ4v) is 0.692. The maximum atomic E-state index is 4.69. The van der Waals surface area contributed by atoms with Gasteiger partial charge in [-0.15, -0.1) is 0 Å². The van der Waals surface area contributed by atoms with E-state index in [4.69, 9.17) is 0 Å². The zero-order valence-corrected chi connectivity index (χ0v) is 5.79. The largest absolute Gasteiger partial charge is 0.364 e. The van der Waals surface area contributed by atoms with Gasteiger partial charge < -0.3 is 4.52 Å². The third-order valence-corrected chi connectivity index (χ3v) is 1.63. The molecule has 1 heterocycles. The molecule has 0 fully saturated rings. The maximum Gasteiger partial charge on any atom is 0.127 e. The highest BCUT2D eigenvalue weighted by Crippen LogP contribution is 2.16. The van der Waals surface area contributed by atoms with Crippen LogP contribution in [-0.2, 0) is 0 Å². The lowest BCUT2D eigenvalue weighted by Crippen LogP contribution is -1.86. The van der Waals surface area contributed by atoms with Gasteiger partial charge in [-0.1, -0.05) is 19.0 Å². The van der Waals surface area contributed by atoms with E-state index in [-0.39, 0.29) is 0 Å². The van der Waals surface area contributed by atoms with Crippen LogP contribution in [0, 0.1) is 0 Å². The van der Waals surface area contributed by atoms with E-state index in [1.54, 1.807) is 12.5 Å². The van der Waals surface area contributed by atoms with Gasteiger partial charge in [0, 0.05) is 5.56 Å². The normalized spacial score (nSPS) is 13.6. The minimum atomic E-state index is 0.580. The number of nitrogens with zero attached hydrogens (tertiary/aromatic N) is 1. The van der Waals surface area contributed by atoms with Crippen molar-refractivity contribution in [3.63, 3.8) is 0 Å². The average Bonchev–Trinajstić information content (AvgIpc) is 2.37. The first-order chi connectivity index (χ1) is 4.34. The molecule has 50 valence electrons. The molecule has 0 saturated carbocycles. The summed E-state index contributed by atoms with van der Waals surface area (Å²) in [5, 5.41) is 3.62. The first-order valence-electron chi connectivity index (χ1n) is 3.24. The van der Waals surface area contributed by atoms with Crippen molar-refractivity contribution >= 4 is 0 Å². The highest BCUT2D eigenvalue weighted by Gasteiger charge is 2.02. The Morgan fingerprint density at radius 3 is 3.00 bits per heavy atom. The number of rotatable bonds is 2. The summed E-state index contributed by atoms with van der Waals surface area (Å²) in [5.74, 6) is 0.580. The Morgan fingerprint density at radius 1 is 1.78 bits per heavy atom. The first-order valence-corrected chi connectivity index (χ1v) is 3.24. The SMILES string of the molecule is CC[C@@H](C)c1cnoc1. The lowest BCUT2D eigenvalue weighted by molar-refractivity contribution is 0.418. The molecule has 0 N–H and O–H groups in total. The molecule has 1 atom stereocenters. The van der Waals surface area contributed by atoms with Crippen molar-refractivity contribution in [3.05, 3.63) is 18.0 Å². The maximum absolute atomic E-state index is 4.69. The van der Waals surface area contributed by atoms with Crippen LogP contribution < -0.4 is 0 Å². The predicted octanol–water partition coefficient (Wildman–Crippen LogP) is 2.19. The molecule has 0 amide bonds. The van der Waals surface area contributed by atoms with Gasteiger partial charge in [-0.05, 0) is 12.3 Å². The standard InChI is InChI=1S/C7H11NO/c1-3-6(2)7-4-8-9-5-7/h4-6H,3H2,1-2H3/t6-/m1/s1. The molecule has 0 aliphatic carbocycles. The summed E-state index contributed by atoms with van der Waals surface area (Å²) in [6.07, 6.45) is 4.61. The van der Waals surface area contributed by atoms with Crippen molar-refractivity contribution in [1.82, 2.24) is 5.16 Å². The van der Waals surface area contributed by atoms with Crippen LogP contribution in [0.5, 0.6) is 0 Å². The van der Waals surface area contributed by atoms with Crippen molar-refractivity contribution < 1.29 is 4.52 Å². The van der Waals surface area contributed by atoms with E-state index in [9.17, 15) is 0 Å². The Labute approximate surface area is 54.9 Å². The van der Waals surface area contributed by atoms with Crippen LogP contribution in [0.2, 0.25) is 0 Å². The van der Waals surface area contributed by atoms with E-state index in [1.165, 1.54) is 5.56 Å². The van der Waals surface area contributed by atoms with E-state index in [0.29, 0.717) is 5.92 Å². The number of hydrogen-bond donors (Lipinski definition) is 0. The van der Waals surface area contributed by atoms with Crippen molar-refractivity contribution in [3.8, 4) is 0 Å². The minimum absolute atomic E-state index is 0.580. The molecular weight excluding hydrogens is 114 g/mol. The van der Waals surface area contributed by atoms with Crippen LogP contribution in [0.15, 0.2) is 17.0 Å². The van der Waals surface area contributed by atoms with Gasteiger partial charge in [0.15, 0.2) is 0 Å². The summed E-state index contributed by atoms with van der Waals surface area (Å²) in [6, 6.07) is 0. The van der Waals surface area contributed by atoms with Crippen LogP contribution in [0.3, 0.4) is 0 Å². The summed E-state index contributed by atoms with van der Waals surface area (Å²) < 4.78 is 4.69. The number of hydrogen-bond acceptors (Lipinski definition) is 2.